The Bertz CT molecular complexity index is 606. The van der Waals surface area contributed by atoms with Crippen LogP contribution in [0.1, 0.15) is 46.0 Å². The number of rotatable bonds is 9. The second-order valence-electron chi connectivity index (χ2n) is 7.09. The number of amides is 2. The summed E-state index contributed by atoms with van der Waals surface area (Å²) in [6.45, 7) is 5.47. The normalized spacial score (nSPS) is 19.6. The van der Waals surface area contributed by atoms with E-state index >= 15 is 0 Å². The number of hydrogen-bond acceptors (Lipinski definition) is 4. The lowest BCUT2D eigenvalue weighted by molar-refractivity contribution is -0.137. The zero-order valence-electron chi connectivity index (χ0n) is 16.7. The Balaban J connectivity index is 1.79. The van der Waals surface area contributed by atoms with Gasteiger partial charge in [0.1, 0.15) is 5.75 Å². The number of methoxy groups -OCH3 is 1. The molecule has 5 nitrogen and oxygen atoms in total. The first-order chi connectivity index (χ1) is 13.0. The van der Waals surface area contributed by atoms with Crippen molar-refractivity contribution >= 4 is 23.6 Å². The van der Waals surface area contributed by atoms with E-state index in [4.69, 9.17) is 4.74 Å². The van der Waals surface area contributed by atoms with E-state index in [1.54, 1.807) is 18.9 Å². The number of thioether (sulfide) groups is 1. The summed E-state index contributed by atoms with van der Waals surface area (Å²) in [4.78, 5) is 28.1. The van der Waals surface area contributed by atoms with Crippen molar-refractivity contribution in [2.45, 2.75) is 56.9 Å². The molecule has 6 heteroatoms. The highest BCUT2D eigenvalue weighted by atomic mass is 32.2. The Hall–Kier alpha value is -1.69. The predicted molar refractivity (Wildman–Crippen MR) is 110 cm³/mol. The lowest BCUT2D eigenvalue weighted by Gasteiger charge is -2.37. The molecular formula is C21H32N2O3S. The average molecular weight is 393 g/mol. The Morgan fingerprint density at radius 3 is 2.67 bits per heavy atom. The topological polar surface area (TPSA) is 58.6 Å². The largest absolute Gasteiger partial charge is 0.497 e. The molecule has 2 unspecified atom stereocenters. The van der Waals surface area contributed by atoms with Gasteiger partial charge in [-0.1, -0.05) is 13.3 Å². The maximum atomic E-state index is 12.7. The molecule has 0 aliphatic carbocycles. The van der Waals surface area contributed by atoms with E-state index in [1.165, 1.54) is 0 Å². The van der Waals surface area contributed by atoms with Crippen molar-refractivity contribution in [1.29, 1.82) is 0 Å². The van der Waals surface area contributed by atoms with Gasteiger partial charge >= 0.3 is 0 Å². The zero-order valence-corrected chi connectivity index (χ0v) is 17.5. The van der Waals surface area contributed by atoms with Crippen LogP contribution < -0.4 is 10.1 Å². The van der Waals surface area contributed by atoms with Crippen LogP contribution in [0.2, 0.25) is 0 Å². The van der Waals surface area contributed by atoms with Crippen LogP contribution in [0.25, 0.3) is 0 Å². The van der Waals surface area contributed by atoms with E-state index < -0.39 is 0 Å². The van der Waals surface area contributed by atoms with Crippen LogP contribution in [-0.4, -0.2) is 48.7 Å². The molecule has 1 fully saturated rings. The van der Waals surface area contributed by atoms with Gasteiger partial charge in [0.25, 0.3) is 0 Å². The number of piperidine rings is 1. The molecule has 0 aromatic heterocycles. The molecule has 1 aromatic carbocycles. The number of carbonyl (C=O) groups excluding carboxylic acids is 2. The number of ether oxygens (including phenoxy) is 1. The summed E-state index contributed by atoms with van der Waals surface area (Å²) in [6, 6.07) is 8.09. The van der Waals surface area contributed by atoms with E-state index in [0.717, 1.165) is 48.6 Å². The molecule has 0 bridgehead atoms. The third kappa shape index (κ3) is 6.76. The standard InChI is InChI=1S/C21H32N2O3S/c1-4-5-13-22-21(25)17-7-6-16(2)23(15-17)20(24)12-14-27-19-10-8-18(26-3)9-11-19/h8-11,16-17H,4-7,12-15H2,1-3H3,(H,22,25). The molecule has 1 aliphatic heterocycles. The average Bonchev–Trinajstić information content (AvgIpc) is 2.68. The minimum absolute atomic E-state index is 0.0729. The van der Waals surface area contributed by atoms with Gasteiger partial charge in [-0.15, -0.1) is 11.8 Å². The van der Waals surface area contributed by atoms with Crippen molar-refractivity contribution in [3.8, 4) is 5.75 Å². The fourth-order valence-electron chi connectivity index (χ4n) is 3.27. The SMILES string of the molecule is CCCCNC(=O)C1CCC(C)N(C(=O)CCSc2ccc(OC)cc2)C1. The zero-order chi connectivity index (χ0) is 19.6. The molecule has 1 aromatic rings. The summed E-state index contributed by atoms with van der Waals surface area (Å²) < 4.78 is 5.16. The molecule has 0 saturated carbocycles. The number of carbonyl (C=O) groups is 2. The third-order valence-corrected chi connectivity index (χ3v) is 6.06. The van der Waals surface area contributed by atoms with Crippen LogP contribution >= 0.6 is 11.8 Å². The van der Waals surface area contributed by atoms with Crippen LogP contribution in [0.4, 0.5) is 0 Å². The number of hydrogen-bond donors (Lipinski definition) is 1. The molecule has 1 N–H and O–H groups in total. The maximum absolute atomic E-state index is 12.7. The molecule has 2 amide bonds. The summed E-state index contributed by atoms with van der Waals surface area (Å²) in [5, 5.41) is 3.01. The first-order valence-electron chi connectivity index (χ1n) is 9.89. The molecule has 1 aliphatic rings. The van der Waals surface area contributed by atoms with Crippen molar-refractivity contribution in [3.63, 3.8) is 0 Å². The van der Waals surface area contributed by atoms with Gasteiger partial charge in [-0.05, 0) is 50.5 Å². The van der Waals surface area contributed by atoms with Gasteiger partial charge in [0.15, 0.2) is 0 Å². The maximum Gasteiger partial charge on any atom is 0.224 e. The quantitative estimate of drug-likeness (QED) is 0.514. The Morgan fingerprint density at radius 1 is 1.26 bits per heavy atom. The Kier molecular flexibility index (Phi) is 8.98. The lowest BCUT2D eigenvalue weighted by atomic mass is 9.92. The molecule has 27 heavy (non-hydrogen) atoms. The highest BCUT2D eigenvalue weighted by Gasteiger charge is 2.32. The van der Waals surface area contributed by atoms with Gasteiger partial charge < -0.3 is 15.0 Å². The number of benzene rings is 1. The predicted octanol–water partition coefficient (Wildman–Crippen LogP) is 3.72. The van der Waals surface area contributed by atoms with E-state index in [1.807, 2.05) is 29.2 Å². The summed E-state index contributed by atoms with van der Waals surface area (Å²) in [7, 11) is 1.65. The smallest absolute Gasteiger partial charge is 0.224 e. The summed E-state index contributed by atoms with van der Waals surface area (Å²) in [6.07, 6.45) is 4.32. The highest BCUT2D eigenvalue weighted by molar-refractivity contribution is 7.99. The number of likely N-dealkylation sites (tertiary alicyclic amines) is 1. The Labute approximate surface area is 167 Å². The molecule has 2 atom stereocenters. The van der Waals surface area contributed by atoms with Crippen LogP contribution in [0.15, 0.2) is 29.2 Å². The van der Waals surface area contributed by atoms with Gasteiger partial charge in [-0.25, -0.2) is 0 Å². The van der Waals surface area contributed by atoms with Crippen molar-refractivity contribution < 1.29 is 14.3 Å². The van der Waals surface area contributed by atoms with E-state index in [-0.39, 0.29) is 23.8 Å². The molecular weight excluding hydrogens is 360 g/mol. The van der Waals surface area contributed by atoms with E-state index in [0.29, 0.717) is 13.0 Å². The molecule has 0 radical (unpaired) electrons. The van der Waals surface area contributed by atoms with Crippen LogP contribution in [0.3, 0.4) is 0 Å². The number of nitrogens with one attached hydrogen (secondary N) is 1. The number of nitrogens with zero attached hydrogens (tertiary/aromatic N) is 1. The molecule has 2 rings (SSSR count). The van der Waals surface area contributed by atoms with Crippen molar-refractivity contribution in [2.75, 3.05) is 26.0 Å². The second kappa shape index (κ2) is 11.2. The van der Waals surface area contributed by atoms with Crippen molar-refractivity contribution in [1.82, 2.24) is 10.2 Å². The van der Waals surface area contributed by atoms with Crippen molar-refractivity contribution in [2.24, 2.45) is 5.92 Å². The van der Waals surface area contributed by atoms with Gasteiger partial charge in [0.05, 0.1) is 13.0 Å². The van der Waals surface area contributed by atoms with Crippen LogP contribution in [-0.2, 0) is 9.59 Å². The molecule has 1 heterocycles. The monoisotopic (exact) mass is 392 g/mol. The highest BCUT2D eigenvalue weighted by Crippen LogP contribution is 2.25. The van der Waals surface area contributed by atoms with Gasteiger partial charge in [-0.2, -0.15) is 0 Å². The van der Waals surface area contributed by atoms with Gasteiger partial charge in [0, 0.05) is 36.2 Å². The first-order valence-corrected chi connectivity index (χ1v) is 10.9. The molecule has 150 valence electrons. The van der Waals surface area contributed by atoms with Crippen LogP contribution in [0, 0.1) is 5.92 Å². The second-order valence-corrected chi connectivity index (χ2v) is 8.26. The molecule has 1 saturated heterocycles. The fraction of sp³-hybridized carbons (Fsp3) is 0.619. The Morgan fingerprint density at radius 2 is 2.00 bits per heavy atom. The van der Waals surface area contributed by atoms with Gasteiger partial charge in [-0.3, -0.25) is 9.59 Å². The van der Waals surface area contributed by atoms with E-state index in [2.05, 4.69) is 19.2 Å². The summed E-state index contributed by atoms with van der Waals surface area (Å²) >= 11 is 1.67. The number of unbranched alkanes of at least 4 members (excludes halogenated alkanes) is 1. The van der Waals surface area contributed by atoms with E-state index in [9.17, 15) is 9.59 Å². The van der Waals surface area contributed by atoms with Gasteiger partial charge in [0.2, 0.25) is 11.8 Å². The lowest BCUT2D eigenvalue weighted by Crippen LogP contribution is -2.49. The fourth-order valence-corrected chi connectivity index (χ4v) is 4.11. The first kappa shape index (κ1) is 21.6. The summed E-state index contributed by atoms with van der Waals surface area (Å²) in [5.74, 6) is 1.74. The van der Waals surface area contributed by atoms with Crippen LogP contribution in [0.5, 0.6) is 5.75 Å². The minimum Gasteiger partial charge on any atom is -0.497 e. The molecule has 0 spiro atoms. The van der Waals surface area contributed by atoms with Crippen molar-refractivity contribution in [3.05, 3.63) is 24.3 Å². The summed E-state index contributed by atoms with van der Waals surface area (Å²) in [5.41, 5.74) is 0. The minimum atomic E-state index is -0.0729. The third-order valence-electron chi connectivity index (χ3n) is 5.05.